The average molecular weight is 778 g/mol. The Kier molecular flexibility index (Phi) is 14.8. The molecule has 0 bridgehead atoms. The highest BCUT2D eigenvalue weighted by atomic mass is 16.5. The maximum atomic E-state index is 10.7. The standard InChI is InChI=1S/C28H25B2NO7.C14H10BNO3.H2O/c1-19-2-6-23(7-3-19)36-25-10-12-27(21(14-25)17-32)29(34)38-30(35)28-13-11-26(15-22(28)18-33)37-24-8-4-20(16-31)5-9-24;16-8-10-1-3-12(4-2-10)19-13-5-6-14-11(7-13)9-18-15(14)17;/h2-15,32-35H,17-18H2,1H3;1-7,17H,9H2;1H2. The molecule has 1 heterocycles. The van der Waals surface area contributed by atoms with Crippen molar-refractivity contribution in [1.29, 1.82) is 10.5 Å². The number of nitriles is 2. The second-order valence-electron chi connectivity index (χ2n) is 12.8. The zero-order valence-electron chi connectivity index (χ0n) is 31.1. The highest BCUT2D eigenvalue weighted by Gasteiger charge is 2.30. The number of ether oxygens (including phenoxy) is 3. The molecule has 0 aliphatic carbocycles. The maximum absolute atomic E-state index is 10.7. The lowest BCUT2D eigenvalue weighted by atomic mass is 9.69. The molecule has 7 N–H and O–H groups in total. The van der Waals surface area contributed by atoms with Gasteiger partial charge in [-0.25, -0.2) is 0 Å². The molecule has 0 aromatic heterocycles. The second-order valence-corrected chi connectivity index (χ2v) is 12.8. The fraction of sp³-hybridized carbons (Fsp3) is 0.0952. The smallest absolute Gasteiger partial charge is 0.457 e. The molecular weight excluding hydrogens is 741 g/mol. The average Bonchev–Trinajstić information content (AvgIpc) is 3.61. The number of aliphatic hydroxyl groups excluding tert-OH is 2. The summed E-state index contributed by atoms with van der Waals surface area (Å²) in [6.45, 7) is 1.56. The Hall–Kier alpha value is -6.43. The van der Waals surface area contributed by atoms with Crippen molar-refractivity contribution in [3.8, 4) is 46.6 Å². The van der Waals surface area contributed by atoms with Crippen LogP contribution in [0.3, 0.4) is 0 Å². The lowest BCUT2D eigenvalue weighted by Crippen LogP contribution is -2.47. The molecule has 6 aromatic rings. The topological polar surface area (TPSA) is 226 Å². The van der Waals surface area contributed by atoms with Crippen LogP contribution in [0.2, 0.25) is 0 Å². The number of nitrogens with zero attached hydrogens (tertiary/aromatic N) is 2. The van der Waals surface area contributed by atoms with Gasteiger partial charge in [-0.2, -0.15) is 10.5 Å². The van der Waals surface area contributed by atoms with Crippen molar-refractivity contribution in [2.75, 3.05) is 0 Å². The third-order valence-electron chi connectivity index (χ3n) is 8.83. The van der Waals surface area contributed by atoms with Crippen molar-refractivity contribution in [2.24, 2.45) is 0 Å². The minimum Gasteiger partial charge on any atom is -0.457 e. The first-order chi connectivity index (χ1) is 27.7. The molecule has 0 amide bonds. The predicted octanol–water partition coefficient (Wildman–Crippen LogP) is 3.27. The number of aryl methyl sites for hydroxylation is 1. The van der Waals surface area contributed by atoms with Crippen LogP contribution in [0, 0.1) is 29.6 Å². The highest BCUT2D eigenvalue weighted by molar-refractivity contribution is 6.73. The third-order valence-corrected chi connectivity index (χ3v) is 8.83. The van der Waals surface area contributed by atoms with E-state index in [0.29, 0.717) is 63.4 Å². The van der Waals surface area contributed by atoms with Gasteiger partial charge in [0.25, 0.3) is 0 Å². The minimum atomic E-state index is -1.58. The SMILES string of the molecule is Cc1ccc(Oc2ccc(B(O)OB(O)c3ccc(Oc4ccc(C#N)cc4)cc3CO)c(CO)c2)cc1.N#Cc1ccc(Oc2ccc3c(c2)COB3O)cc1.O. The van der Waals surface area contributed by atoms with Gasteiger partial charge in [-0.15, -0.1) is 0 Å². The minimum absolute atomic E-state index is 0. The Morgan fingerprint density at radius 3 is 1.43 bits per heavy atom. The summed E-state index contributed by atoms with van der Waals surface area (Å²) in [6.07, 6.45) is 0. The lowest BCUT2D eigenvalue weighted by molar-refractivity contribution is 0.275. The normalized spacial score (nSPS) is 11.1. The van der Waals surface area contributed by atoms with E-state index in [1.165, 1.54) is 6.07 Å². The van der Waals surface area contributed by atoms with Gasteiger partial charge in [0.2, 0.25) is 0 Å². The van der Waals surface area contributed by atoms with Crippen molar-refractivity contribution < 1.29 is 54.2 Å². The van der Waals surface area contributed by atoms with Gasteiger partial charge in [0.15, 0.2) is 0 Å². The zero-order chi connectivity index (χ0) is 40.3. The van der Waals surface area contributed by atoms with Crippen LogP contribution in [0.1, 0.15) is 33.4 Å². The number of fused-ring (bicyclic) bond motifs is 1. The van der Waals surface area contributed by atoms with Gasteiger partial charge in [0.05, 0.1) is 43.1 Å². The second kappa shape index (κ2) is 20.1. The van der Waals surface area contributed by atoms with Crippen LogP contribution in [0.5, 0.6) is 34.5 Å². The molecular formula is C42H37B3N2O11. The summed E-state index contributed by atoms with van der Waals surface area (Å²) in [6, 6.07) is 39.9. The Labute approximate surface area is 335 Å². The number of hydrogen-bond acceptors (Lipinski definition) is 12. The monoisotopic (exact) mass is 778 g/mol. The van der Waals surface area contributed by atoms with Gasteiger partial charge in [0.1, 0.15) is 34.5 Å². The van der Waals surface area contributed by atoms with E-state index in [0.717, 1.165) is 16.6 Å². The number of benzene rings is 6. The molecule has 0 spiro atoms. The van der Waals surface area contributed by atoms with Crippen LogP contribution in [-0.2, 0) is 29.0 Å². The van der Waals surface area contributed by atoms with Gasteiger partial charge in [-0.05, 0) is 137 Å². The number of aliphatic hydroxyl groups is 2. The van der Waals surface area contributed by atoms with Crippen LogP contribution < -0.4 is 30.6 Å². The van der Waals surface area contributed by atoms with E-state index in [9.17, 15) is 25.3 Å². The zero-order valence-corrected chi connectivity index (χ0v) is 31.1. The fourth-order valence-electron chi connectivity index (χ4n) is 5.80. The van der Waals surface area contributed by atoms with Crippen molar-refractivity contribution in [3.05, 3.63) is 161 Å². The predicted molar refractivity (Wildman–Crippen MR) is 217 cm³/mol. The van der Waals surface area contributed by atoms with Crippen LogP contribution in [0.25, 0.3) is 0 Å². The van der Waals surface area contributed by atoms with E-state index in [1.807, 2.05) is 43.3 Å². The van der Waals surface area contributed by atoms with E-state index in [2.05, 4.69) is 6.07 Å². The van der Waals surface area contributed by atoms with E-state index in [-0.39, 0.29) is 23.0 Å². The first-order valence-corrected chi connectivity index (χ1v) is 17.7. The summed E-state index contributed by atoms with van der Waals surface area (Å²) in [5, 5.41) is 68.3. The Bertz CT molecular complexity index is 2390. The van der Waals surface area contributed by atoms with Crippen LogP contribution in [0.15, 0.2) is 127 Å². The summed E-state index contributed by atoms with van der Waals surface area (Å²) in [5.41, 5.74) is 5.10. The molecule has 0 unspecified atom stereocenters. The Balaban J connectivity index is 0.000000267. The van der Waals surface area contributed by atoms with Crippen molar-refractivity contribution in [1.82, 2.24) is 0 Å². The summed E-state index contributed by atoms with van der Waals surface area (Å²) in [4.78, 5) is 0. The largest absolute Gasteiger partial charge is 0.491 e. The van der Waals surface area contributed by atoms with Crippen LogP contribution >= 0.6 is 0 Å². The Morgan fingerprint density at radius 2 is 1.00 bits per heavy atom. The summed E-state index contributed by atoms with van der Waals surface area (Å²) in [5.74, 6) is 3.35. The molecule has 0 fully saturated rings. The summed E-state index contributed by atoms with van der Waals surface area (Å²) >= 11 is 0. The van der Waals surface area contributed by atoms with E-state index in [1.54, 1.807) is 91.0 Å². The van der Waals surface area contributed by atoms with Gasteiger partial charge in [-0.1, -0.05) is 35.9 Å². The van der Waals surface area contributed by atoms with Gasteiger partial charge in [0, 0.05) is 0 Å². The molecule has 1 aliphatic heterocycles. The fourth-order valence-corrected chi connectivity index (χ4v) is 5.80. The molecule has 16 heteroatoms. The summed E-state index contributed by atoms with van der Waals surface area (Å²) in [7, 11) is -3.98. The van der Waals surface area contributed by atoms with Crippen molar-refractivity contribution in [3.63, 3.8) is 0 Å². The number of hydrogen-bond donors (Lipinski definition) is 5. The summed E-state index contributed by atoms with van der Waals surface area (Å²) < 4.78 is 27.8. The molecule has 0 radical (unpaired) electrons. The molecule has 0 atom stereocenters. The van der Waals surface area contributed by atoms with Crippen LogP contribution in [0.4, 0.5) is 0 Å². The van der Waals surface area contributed by atoms with Gasteiger partial charge in [-0.3, -0.25) is 0 Å². The first kappa shape index (κ1) is 42.7. The van der Waals surface area contributed by atoms with Crippen molar-refractivity contribution >= 4 is 37.7 Å². The molecule has 1 aliphatic rings. The molecule has 290 valence electrons. The molecule has 58 heavy (non-hydrogen) atoms. The Morgan fingerprint density at radius 1 is 0.603 bits per heavy atom. The van der Waals surface area contributed by atoms with Gasteiger partial charge < -0.3 is 54.2 Å². The molecule has 7 rings (SSSR count). The highest BCUT2D eigenvalue weighted by Crippen LogP contribution is 2.26. The first-order valence-electron chi connectivity index (χ1n) is 17.7. The molecule has 0 saturated heterocycles. The van der Waals surface area contributed by atoms with Crippen LogP contribution in [-0.4, -0.2) is 52.1 Å². The molecule has 6 aromatic carbocycles. The van der Waals surface area contributed by atoms with Gasteiger partial charge >= 0.3 is 21.4 Å². The third kappa shape index (κ3) is 10.9. The number of rotatable bonds is 12. The maximum Gasteiger partial charge on any atom is 0.491 e. The molecule has 13 nitrogen and oxygen atoms in total. The van der Waals surface area contributed by atoms with E-state index >= 15 is 0 Å². The quantitative estimate of drug-likeness (QED) is 0.113. The van der Waals surface area contributed by atoms with E-state index in [4.69, 9.17) is 34.0 Å². The lowest BCUT2D eigenvalue weighted by Gasteiger charge is -2.18. The van der Waals surface area contributed by atoms with E-state index < -0.39 is 28.0 Å². The van der Waals surface area contributed by atoms with Crippen molar-refractivity contribution in [2.45, 2.75) is 26.7 Å². The molecule has 0 saturated carbocycles.